The van der Waals surface area contributed by atoms with Crippen LogP contribution in [0.15, 0.2) is 158 Å². The van der Waals surface area contributed by atoms with E-state index in [-0.39, 0.29) is 0 Å². The van der Waals surface area contributed by atoms with E-state index >= 15 is 0 Å². The molecule has 0 amide bonds. The second kappa shape index (κ2) is 10.9. The van der Waals surface area contributed by atoms with E-state index in [2.05, 4.69) is 135 Å². The zero-order valence-corrected chi connectivity index (χ0v) is 25.8. The molecule has 0 N–H and O–H groups in total. The molecule has 0 radical (unpaired) electrons. The molecule has 48 heavy (non-hydrogen) atoms. The van der Waals surface area contributed by atoms with Crippen molar-refractivity contribution in [1.29, 1.82) is 5.26 Å². The lowest BCUT2D eigenvalue weighted by Crippen LogP contribution is -1.97. The van der Waals surface area contributed by atoms with Crippen molar-refractivity contribution in [3.05, 3.63) is 175 Å². The van der Waals surface area contributed by atoms with Gasteiger partial charge in [0, 0.05) is 27.4 Å². The molecular formula is C44H26N4. The van der Waals surface area contributed by atoms with Crippen molar-refractivity contribution in [3.63, 3.8) is 0 Å². The Morgan fingerprint density at radius 3 is 1.69 bits per heavy atom. The summed E-state index contributed by atoms with van der Waals surface area (Å²) in [6, 6.07) is 56.6. The van der Waals surface area contributed by atoms with Gasteiger partial charge in [-0.25, -0.2) is 4.85 Å². The molecule has 0 unspecified atom stereocenters. The van der Waals surface area contributed by atoms with E-state index in [4.69, 9.17) is 6.57 Å². The molecule has 0 bridgehead atoms. The quantitative estimate of drug-likeness (QED) is 0.183. The fourth-order valence-corrected chi connectivity index (χ4v) is 7.30. The van der Waals surface area contributed by atoms with E-state index in [1.165, 1.54) is 21.8 Å². The average molecular weight is 611 g/mol. The van der Waals surface area contributed by atoms with Crippen LogP contribution >= 0.6 is 0 Å². The minimum atomic E-state index is 0.581. The van der Waals surface area contributed by atoms with Gasteiger partial charge in [0.05, 0.1) is 46.0 Å². The summed E-state index contributed by atoms with van der Waals surface area (Å²) in [6.07, 6.45) is 0. The summed E-state index contributed by atoms with van der Waals surface area (Å²) >= 11 is 0. The maximum atomic E-state index is 10.4. The third-order valence-corrected chi connectivity index (χ3v) is 9.41. The lowest BCUT2D eigenvalue weighted by molar-refractivity contribution is 1.18. The highest BCUT2D eigenvalue weighted by Crippen LogP contribution is 2.39. The molecule has 222 valence electrons. The highest BCUT2D eigenvalue weighted by atomic mass is 15.0. The lowest BCUT2D eigenvalue weighted by atomic mass is 9.96. The first-order valence-electron chi connectivity index (χ1n) is 15.9. The van der Waals surface area contributed by atoms with Gasteiger partial charge in [0.1, 0.15) is 0 Å². The number of rotatable bonds is 4. The molecule has 0 spiro atoms. The van der Waals surface area contributed by atoms with Crippen LogP contribution in [0.5, 0.6) is 0 Å². The predicted octanol–water partition coefficient (Wildman–Crippen LogP) is 11.6. The van der Waals surface area contributed by atoms with Crippen LogP contribution in [0, 0.1) is 17.9 Å². The molecule has 0 fully saturated rings. The second-order valence-electron chi connectivity index (χ2n) is 11.9. The Kier molecular flexibility index (Phi) is 6.22. The first kappa shape index (κ1) is 27.4. The van der Waals surface area contributed by atoms with Gasteiger partial charge in [-0.1, -0.05) is 121 Å². The molecule has 0 saturated heterocycles. The van der Waals surface area contributed by atoms with Gasteiger partial charge in [0.15, 0.2) is 0 Å². The lowest BCUT2D eigenvalue weighted by Gasteiger charge is -2.15. The summed E-state index contributed by atoms with van der Waals surface area (Å²) in [5.41, 5.74) is 11.4. The molecule has 4 heteroatoms. The standard InChI is InChI=1S/C44H26N4/c1-46-39-16-10-15-38-37-14-5-7-18-41(37)47(44(38)39)32-25-26-33(31(27-32)28-45)29-21-23-30(24-22-29)34-11-2-6-17-40(34)48-42-19-8-3-12-35(42)36-13-4-9-20-43(36)48/h2-27H. The van der Waals surface area contributed by atoms with Gasteiger partial charge in [0.25, 0.3) is 0 Å². The van der Waals surface area contributed by atoms with Gasteiger partial charge in [-0.05, 0) is 58.5 Å². The molecule has 7 aromatic carbocycles. The molecule has 0 aliphatic heterocycles. The number of aromatic nitrogens is 2. The molecule has 0 aliphatic carbocycles. The van der Waals surface area contributed by atoms with Crippen molar-refractivity contribution in [2.75, 3.05) is 0 Å². The summed E-state index contributed by atoms with van der Waals surface area (Å²) in [4.78, 5) is 3.84. The first-order valence-corrected chi connectivity index (χ1v) is 15.9. The van der Waals surface area contributed by atoms with Gasteiger partial charge in [-0.15, -0.1) is 0 Å². The van der Waals surface area contributed by atoms with Crippen LogP contribution in [0.4, 0.5) is 5.69 Å². The van der Waals surface area contributed by atoms with Crippen molar-refractivity contribution in [2.45, 2.75) is 0 Å². The highest BCUT2D eigenvalue weighted by molar-refractivity contribution is 6.13. The molecule has 0 saturated carbocycles. The summed E-state index contributed by atoms with van der Waals surface area (Å²) in [7, 11) is 0. The van der Waals surface area contributed by atoms with Crippen molar-refractivity contribution in [1.82, 2.24) is 9.13 Å². The number of benzene rings is 7. The summed E-state index contributed by atoms with van der Waals surface area (Å²) < 4.78 is 4.46. The van der Waals surface area contributed by atoms with Crippen LogP contribution < -0.4 is 0 Å². The largest absolute Gasteiger partial charge is 0.319 e. The zero-order valence-electron chi connectivity index (χ0n) is 25.8. The fourth-order valence-electron chi connectivity index (χ4n) is 7.30. The first-order chi connectivity index (χ1) is 23.7. The Hall–Kier alpha value is -6.88. The minimum absolute atomic E-state index is 0.581. The second-order valence-corrected chi connectivity index (χ2v) is 11.9. The number of para-hydroxylation sites is 5. The van der Waals surface area contributed by atoms with Gasteiger partial charge >= 0.3 is 0 Å². The number of hydrogen-bond acceptors (Lipinski definition) is 1. The van der Waals surface area contributed by atoms with E-state index in [9.17, 15) is 5.26 Å². The zero-order chi connectivity index (χ0) is 32.2. The SMILES string of the molecule is [C-]#[N+]c1cccc2c3ccccc3n(-c3ccc(-c4ccc(-c5ccccc5-n5c6ccccc6c6ccccc65)cc4)c(C#N)c3)c12. The van der Waals surface area contributed by atoms with E-state index in [1.807, 2.05) is 42.5 Å². The van der Waals surface area contributed by atoms with Gasteiger partial charge in [0.2, 0.25) is 5.69 Å². The third kappa shape index (κ3) is 4.07. The van der Waals surface area contributed by atoms with Crippen LogP contribution in [0.2, 0.25) is 0 Å². The van der Waals surface area contributed by atoms with Crippen molar-refractivity contribution >= 4 is 49.3 Å². The summed E-state index contributed by atoms with van der Waals surface area (Å²) in [5, 5.41) is 14.9. The van der Waals surface area contributed by atoms with Crippen LogP contribution in [-0.2, 0) is 0 Å². The molecule has 4 nitrogen and oxygen atoms in total. The molecule has 0 aliphatic rings. The van der Waals surface area contributed by atoms with Gasteiger partial charge < -0.3 is 9.13 Å². The van der Waals surface area contributed by atoms with Crippen molar-refractivity contribution in [3.8, 4) is 39.7 Å². The highest BCUT2D eigenvalue weighted by Gasteiger charge is 2.18. The maximum Gasteiger partial charge on any atom is 0.211 e. The van der Waals surface area contributed by atoms with Crippen LogP contribution in [0.25, 0.3) is 82.1 Å². The Morgan fingerprint density at radius 2 is 1.04 bits per heavy atom. The van der Waals surface area contributed by atoms with E-state index < -0.39 is 0 Å². The third-order valence-electron chi connectivity index (χ3n) is 9.41. The van der Waals surface area contributed by atoms with E-state index in [0.717, 1.165) is 55.4 Å². The molecule has 9 rings (SSSR count). The van der Waals surface area contributed by atoms with Crippen LogP contribution in [0.1, 0.15) is 5.56 Å². The molecule has 2 heterocycles. The van der Waals surface area contributed by atoms with E-state index in [0.29, 0.717) is 11.3 Å². The van der Waals surface area contributed by atoms with Crippen LogP contribution in [-0.4, -0.2) is 9.13 Å². The molecular weight excluding hydrogens is 585 g/mol. The average Bonchev–Trinajstić information content (AvgIpc) is 3.68. The van der Waals surface area contributed by atoms with Crippen molar-refractivity contribution < 1.29 is 0 Å². The predicted molar refractivity (Wildman–Crippen MR) is 197 cm³/mol. The van der Waals surface area contributed by atoms with Gasteiger partial charge in [-0.3, -0.25) is 0 Å². The Bertz CT molecular complexity index is 2750. The van der Waals surface area contributed by atoms with Crippen LogP contribution in [0.3, 0.4) is 0 Å². The van der Waals surface area contributed by atoms with Gasteiger partial charge in [-0.2, -0.15) is 5.26 Å². The monoisotopic (exact) mass is 610 g/mol. The Morgan fingerprint density at radius 1 is 0.500 bits per heavy atom. The minimum Gasteiger partial charge on any atom is -0.319 e. The summed E-state index contributed by atoms with van der Waals surface area (Å²) in [5.74, 6) is 0. The molecule has 0 atom stereocenters. The van der Waals surface area contributed by atoms with E-state index in [1.54, 1.807) is 0 Å². The summed E-state index contributed by atoms with van der Waals surface area (Å²) in [6.45, 7) is 7.85. The smallest absolute Gasteiger partial charge is 0.211 e. The number of hydrogen-bond donors (Lipinski definition) is 0. The molecule has 2 aromatic heterocycles. The number of nitriles is 1. The maximum absolute atomic E-state index is 10.4. The Labute approximate surface area is 277 Å². The van der Waals surface area contributed by atoms with Crippen molar-refractivity contribution in [2.24, 2.45) is 0 Å². The fraction of sp³-hybridized carbons (Fsp3) is 0. The Balaban J connectivity index is 1.15. The molecule has 9 aromatic rings. The normalized spacial score (nSPS) is 11.3. The number of fused-ring (bicyclic) bond motifs is 6. The topological polar surface area (TPSA) is 38.0 Å². The number of nitrogens with zero attached hydrogens (tertiary/aromatic N) is 4.